The van der Waals surface area contributed by atoms with Crippen LogP contribution in [0.3, 0.4) is 0 Å². The van der Waals surface area contributed by atoms with Crippen molar-refractivity contribution in [3.63, 3.8) is 0 Å². The molecule has 1 aliphatic rings. The molecule has 1 atom stereocenters. The smallest absolute Gasteiger partial charge is 0.123 e. The molecule has 3 nitrogen and oxygen atoms in total. The van der Waals surface area contributed by atoms with Crippen molar-refractivity contribution in [1.82, 2.24) is 0 Å². The minimum atomic E-state index is 0.510. The average Bonchev–Trinajstić information content (AvgIpc) is 2.37. The van der Waals surface area contributed by atoms with Crippen LogP contribution in [-0.4, -0.2) is 12.6 Å². The summed E-state index contributed by atoms with van der Waals surface area (Å²) in [5.74, 6) is 0.853. The van der Waals surface area contributed by atoms with Gasteiger partial charge >= 0.3 is 0 Å². The van der Waals surface area contributed by atoms with E-state index in [0.717, 1.165) is 43.0 Å². The summed E-state index contributed by atoms with van der Waals surface area (Å²) < 4.78 is 5.63. The van der Waals surface area contributed by atoms with Crippen LogP contribution in [0.4, 0.5) is 11.4 Å². The zero-order valence-corrected chi connectivity index (χ0v) is 11.0. The van der Waals surface area contributed by atoms with Crippen molar-refractivity contribution >= 4 is 11.4 Å². The summed E-state index contributed by atoms with van der Waals surface area (Å²) in [6.45, 7) is 2.83. The van der Waals surface area contributed by atoms with Crippen molar-refractivity contribution in [3.8, 4) is 5.75 Å². The van der Waals surface area contributed by atoms with Gasteiger partial charge in [0, 0.05) is 29.5 Å². The molecule has 1 unspecified atom stereocenters. The average molecular weight is 246 g/mol. The standard InChI is InChI=1S/C15H22N2O/c1-2-8-18-15-10-12(16)9-14(11-15)17-13-6-4-3-5-7-13/h3-4,9-11,13,17H,2,5-8,16H2,1H3. The third kappa shape index (κ3) is 3.69. The molecule has 0 amide bonds. The Labute approximate surface area is 109 Å². The van der Waals surface area contributed by atoms with E-state index in [1.165, 1.54) is 6.42 Å². The number of benzene rings is 1. The number of nitrogen functional groups attached to an aromatic ring is 1. The van der Waals surface area contributed by atoms with E-state index in [9.17, 15) is 0 Å². The van der Waals surface area contributed by atoms with Crippen molar-refractivity contribution in [2.45, 2.75) is 38.6 Å². The third-order valence-electron chi connectivity index (χ3n) is 3.04. The Balaban J connectivity index is 2.02. The Morgan fingerprint density at radius 1 is 1.33 bits per heavy atom. The number of hydrogen-bond donors (Lipinski definition) is 2. The first-order chi connectivity index (χ1) is 8.78. The van der Waals surface area contributed by atoms with E-state index < -0.39 is 0 Å². The van der Waals surface area contributed by atoms with E-state index in [1.807, 2.05) is 18.2 Å². The number of ether oxygens (including phenoxy) is 1. The Morgan fingerprint density at radius 2 is 2.22 bits per heavy atom. The van der Waals surface area contributed by atoms with Crippen LogP contribution in [-0.2, 0) is 0 Å². The van der Waals surface area contributed by atoms with Crippen molar-refractivity contribution in [2.24, 2.45) is 0 Å². The molecule has 3 heteroatoms. The SMILES string of the molecule is CCCOc1cc(N)cc(NC2CC=CCC2)c1. The number of hydrogen-bond acceptors (Lipinski definition) is 3. The third-order valence-corrected chi connectivity index (χ3v) is 3.04. The van der Waals surface area contributed by atoms with E-state index in [2.05, 4.69) is 24.4 Å². The predicted octanol–water partition coefficient (Wildman–Crippen LogP) is 3.58. The van der Waals surface area contributed by atoms with Gasteiger partial charge < -0.3 is 15.8 Å². The molecule has 0 aromatic heterocycles. The molecule has 18 heavy (non-hydrogen) atoms. The highest BCUT2D eigenvalue weighted by molar-refractivity contribution is 5.59. The Bertz CT molecular complexity index is 415. The molecular weight excluding hydrogens is 224 g/mol. The molecule has 0 fully saturated rings. The van der Waals surface area contributed by atoms with Crippen molar-refractivity contribution in [2.75, 3.05) is 17.7 Å². The lowest BCUT2D eigenvalue weighted by atomic mass is 10.0. The topological polar surface area (TPSA) is 47.3 Å². The molecule has 2 rings (SSSR count). The normalized spacial score (nSPS) is 18.6. The Kier molecular flexibility index (Phi) is 4.51. The van der Waals surface area contributed by atoms with Crippen molar-refractivity contribution in [1.29, 1.82) is 0 Å². The van der Waals surface area contributed by atoms with Gasteiger partial charge in [-0.15, -0.1) is 0 Å². The molecule has 98 valence electrons. The number of allylic oxidation sites excluding steroid dienone is 1. The Hall–Kier alpha value is -1.64. The molecule has 1 aromatic rings. The molecule has 0 bridgehead atoms. The molecule has 0 aliphatic heterocycles. The van der Waals surface area contributed by atoms with Gasteiger partial charge in [0.25, 0.3) is 0 Å². The molecule has 0 radical (unpaired) electrons. The van der Waals surface area contributed by atoms with Crippen LogP contribution in [0.5, 0.6) is 5.75 Å². The minimum Gasteiger partial charge on any atom is -0.493 e. The molecule has 1 aliphatic carbocycles. The molecule has 0 saturated heterocycles. The first kappa shape index (κ1) is 12.8. The zero-order valence-electron chi connectivity index (χ0n) is 11.0. The molecule has 0 saturated carbocycles. The summed E-state index contributed by atoms with van der Waals surface area (Å²) in [7, 11) is 0. The largest absolute Gasteiger partial charge is 0.493 e. The quantitative estimate of drug-likeness (QED) is 0.616. The van der Waals surface area contributed by atoms with E-state index in [1.54, 1.807) is 0 Å². The first-order valence-electron chi connectivity index (χ1n) is 6.73. The Morgan fingerprint density at radius 3 is 2.94 bits per heavy atom. The fourth-order valence-corrected chi connectivity index (χ4v) is 2.17. The highest BCUT2D eigenvalue weighted by Gasteiger charge is 2.10. The van der Waals surface area contributed by atoms with Crippen LogP contribution >= 0.6 is 0 Å². The van der Waals surface area contributed by atoms with E-state index in [-0.39, 0.29) is 0 Å². The predicted molar refractivity (Wildman–Crippen MR) is 77.0 cm³/mol. The van der Waals surface area contributed by atoms with Gasteiger partial charge in [-0.05, 0) is 31.7 Å². The maximum atomic E-state index is 5.90. The number of nitrogens with one attached hydrogen (secondary N) is 1. The highest BCUT2D eigenvalue weighted by atomic mass is 16.5. The molecule has 0 spiro atoms. The molecule has 0 heterocycles. The van der Waals surface area contributed by atoms with Gasteiger partial charge in [-0.2, -0.15) is 0 Å². The lowest BCUT2D eigenvalue weighted by Crippen LogP contribution is -2.20. The summed E-state index contributed by atoms with van der Waals surface area (Å²) in [6.07, 6.45) is 8.90. The summed E-state index contributed by atoms with van der Waals surface area (Å²) in [5.41, 5.74) is 7.71. The van der Waals surface area contributed by atoms with Crippen LogP contribution < -0.4 is 15.8 Å². The van der Waals surface area contributed by atoms with Crippen LogP contribution in [0.25, 0.3) is 0 Å². The maximum absolute atomic E-state index is 5.90. The van der Waals surface area contributed by atoms with Gasteiger partial charge in [-0.25, -0.2) is 0 Å². The lowest BCUT2D eigenvalue weighted by Gasteiger charge is -2.21. The maximum Gasteiger partial charge on any atom is 0.123 e. The fraction of sp³-hybridized carbons (Fsp3) is 0.467. The van der Waals surface area contributed by atoms with Crippen molar-refractivity contribution < 1.29 is 4.74 Å². The second-order valence-electron chi connectivity index (χ2n) is 4.76. The number of nitrogens with two attached hydrogens (primary N) is 1. The van der Waals surface area contributed by atoms with Crippen molar-refractivity contribution in [3.05, 3.63) is 30.4 Å². The van der Waals surface area contributed by atoms with Gasteiger partial charge in [0.2, 0.25) is 0 Å². The van der Waals surface area contributed by atoms with Gasteiger partial charge in [-0.1, -0.05) is 19.1 Å². The fourth-order valence-electron chi connectivity index (χ4n) is 2.17. The van der Waals surface area contributed by atoms with Gasteiger partial charge in [-0.3, -0.25) is 0 Å². The zero-order chi connectivity index (χ0) is 12.8. The molecular formula is C15H22N2O. The number of rotatable bonds is 5. The number of anilines is 2. The lowest BCUT2D eigenvalue weighted by molar-refractivity contribution is 0.318. The van der Waals surface area contributed by atoms with Crippen LogP contribution in [0.15, 0.2) is 30.4 Å². The van der Waals surface area contributed by atoms with E-state index in [4.69, 9.17) is 10.5 Å². The minimum absolute atomic E-state index is 0.510. The molecule has 3 N–H and O–H groups in total. The summed E-state index contributed by atoms with van der Waals surface area (Å²) >= 11 is 0. The van der Waals surface area contributed by atoms with Crippen LogP contribution in [0.1, 0.15) is 32.6 Å². The van der Waals surface area contributed by atoms with Gasteiger partial charge in [0.1, 0.15) is 5.75 Å². The molecule has 1 aromatic carbocycles. The highest BCUT2D eigenvalue weighted by Crippen LogP contribution is 2.25. The van der Waals surface area contributed by atoms with Gasteiger partial charge in [0.05, 0.1) is 6.61 Å². The second kappa shape index (κ2) is 6.34. The monoisotopic (exact) mass is 246 g/mol. The summed E-state index contributed by atoms with van der Waals surface area (Å²) in [5, 5.41) is 3.53. The summed E-state index contributed by atoms with van der Waals surface area (Å²) in [6, 6.07) is 6.39. The first-order valence-corrected chi connectivity index (χ1v) is 6.73. The van der Waals surface area contributed by atoms with Gasteiger partial charge in [0.15, 0.2) is 0 Å². The van der Waals surface area contributed by atoms with E-state index >= 15 is 0 Å². The van der Waals surface area contributed by atoms with E-state index in [0.29, 0.717) is 6.04 Å². The van der Waals surface area contributed by atoms with Crippen LogP contribution in [0.2, 0.25) is 0 Å². The van der Waals surface area contributed by atoms with Crippen LogP contribution in [0, 0.1) is 0 Å². The second-order valence-corrected chi connectivity index (χ2v) is 4.76. The summed E-state index contributed by atoms with van der Waals surface area (Å²) in [4.78, 5) is 0.